The van der Waals surface area contributed by atoms with Gasteiger partial charge in [0.15, 0.2) is 0 Å². The highest BCUT2D eigenvalue weighted by molar-refractivity contribution is 7.12. The molecule has 4 nitrogen and oxygen atoms in total. The van der Waals surface area contributed by atoms with E-state index in [0.29, 0.717) is 10.8 Å². The molecule has 2 aromatic rings. The number of nitrogens with one attached hydrogen (secondary N) is 2. The lowest BCUT2D eigenvalue weighted by Gasteiger charge is -2.32. The van der Waals surface area contributed by atoms with Gasteiger partial charge < -0.3 is 10.6 Å². The van der Waals surface area contributed by atoms with E-state index in [-0.39, 0.29) is 17.9 Å². The third kappa shape index (κ3) is 4.73. The standard InChI is InChI=1S/C21H26N2O2S/c1-15(22-21(25)18-13-8-14-26-18)20(24)23-19(16-9-4-2-5-10-16)17-11-6-3-7-12-17/h2,4-5,8-10,13-15,17,19H,3,6-7,11-12H2,1H3,(H,22,25)(H,23,24). The smallest absolute Gasteiger partial charge is 0.261 e. The van der Waals surface area contributed by atoms with E-state index in [1.54, 1.807) is 13.0 Å². The molecule has 2 N–H and O–H groups in total. The first-order valence-corrected chi connectivity index (χ1v) is 10.2. The summed E-state index contributed by atoms with van der Waals surface area (Å²) in [5.74, 6) is 0.126. The van der Waals surface area contributed by atoms with Gasteiger partial charge in [-0.1, -0.05) is 55.7 Å². The van der Waals surface area contributed by atoms with Crippen LogP contribution in [0.5, 0.6) is 0 Å². The van der Waals surface area contributed by atoms with Gasteiger partial charge in [-0.2, -0.15) is 0 Å². The summed E-state index contributed by atoms with van der Waals surface area (Å²) < 4.78 is 0. The summed E-state index contributed by atoms with van der Waals surface area (Å²) in [6.45, 7) is 1.74. The Bertz CT molecular complexity index is 709. The maximum Gasteiger partial charge on any atom is 0.261 e. The zero-order chi connectivity index (χ0) is 18.4. The third-order valence-corrected chi connectivity index (χ3v) is 5.93. The topological polar surface area (TPSA) is 58.2 Å². The maximum atomic E-state index is 12.8. The fourth-order valence-electron chi connectivity index (χ4n) is 3.62. The van der Waals surface area contributed by atoms with Crippen molar-refractivity contribution < 1.29 is 9.59 Å². The van der Waals surface area contributed by atoms with Crippen molar-refractivity contribution in [2.24, 2.45) is 5.92 Å². The molecule has 1 aliphatic rings. The van der Waals surface area contributed by atoms with Crippen LogP contribution >= 0.6 is 11.3 Å². The third-order valence-electron chi connectivity index (χ3n) is 5.06. The normalized spacial score (nSPS) is 17.3. The highest BCUT2D eigenvalue weighted by atomic mass is 32.1. The Morgan fingerprint density at radius 3 is 2.38 bits per heavy atom. The molecule has 2 unspecified atom stereocenters. The van der Waals surface area contributed by atoms with Gasteiger partial charge in [-0.3, -0.25) is 9.59 Å². The van der Waals surface area contributed by atoms with Gasteiger partial charge >= 0.3 is 0 Å². The lowest BCUT2D eigenvalue weighted by Crippen LogP contribution is -2.47. The molecule has 2 atom stereocenters. The molecule has 0 aliphatic heterocycles. The van der Waals surface area contributed by atoms with Gasteiger partial charge in [0.1, 0.15) is 6.04 Å². The quantitative estimate of drug-likeness (QED) is 0.796. The summed E-state index contributed by atoms with van der Waals surface area (Å²) in [5, 5.41) is 7.86. The summed E-state index contributed by atoms with van der Waals surface area (Å²) in [5.41, 5.74) is 1.14. The molecule has 0 radical (unpaired) electrons. The SMILES string of the molecule is CC(NC(=O)c1cccs1)C(=O)NC(c1ccccc1)C1CCCCC1. The minimum Gasteiger partial charge on any atom is -0.347 e. The van der Waals surface area contributed by atoms with Crippen molar-refractivity contribution in [3.05, 3.63) is 58.3 Å². The number of hydrogen-bond donors (Lipinski definition) is 2. The molecule has 5 heteroatoms. The van der Waals surface area contributed by atoms with Crippen molar-refractivity contribution in [1.29, 1.82) is 0 Å². The largest absolute Gasteiger partial charge is 0.347 e. The molecule has 26 heavy (non-hydrogen) atoms. The Morgan fingerprint density at radius 2 is 1.73 bits per heavy atom. The molecular weight excluding hydrogens is 344 g/mol. The number of thiophene rings is 1. The Hall–Kier alpha value is -2.14. The molecule has 1 aromatic carbocycles. The van der Waals surface area contributed by atoms with Gasteiger partial charge in [0, 0.05) is 0 Å². The molecule has 1 saturated carbocycles. The first-order chi connectivity index (χ1) is 12.6. The van der Waals surface area contributed by atoms with Crippen molar-refractivity contribution >= 4 is 23.2 Å². The van der Waals surface area contributed by atoms with Crippen LogP contribution in [0.1, 0.15) is 60.3 Å². The van der Waals surface area contributed by atoms with Crippen molar-refractivity contribution in [1.82, 2.24) is 10.6 Å². The number of carbonyl (C=O) groups is 2. The molecule has 1 aromatic heterocycles. The van der Waals surface area contributed by atoms with Gasteiger partial charge in [0.2, 0.25) is 5.91 Å². The van der Waals surface area contributed by atoms with E-state index in [2.05, 4.69) is 22.8 Å². The minimum atomic E-state index is -0.570. The van der Waals surface area contributed by atoms with Crippen LogP contribution in [0.15, 0.2) is 47.8 Å². The molecule has 3 rings (SSSR count). The average Bonchev–Trinajstić information content (AvgIpc) is 3.22. The summed E-state index contributed by atoms with van der Waals surface area (Å²) in [4.78, 5) is 25.6. The van der Waals surface area contributed by atoms with Crippen molar-refractivity contribution in [2.45, 2.75) is 51.1 Å². The molecule has 2 amide bonds. The Morgan fingerprint density at radius 1 is 1.00 bits per heavy atom. The Kier molecular flexibility index (Phi) is 6.45. The molecule has 1 aliphatic carbocycles. The van der Waals surface area contributed by atoms with Crippen LogP contribution in [0.3, 0.4) is 0 Å². The van der Waals surface area contributed by atoms with Gasteiger partial charge in [-0.05, 0) is 42.7 Å². The predicted molar refractivity (Wildman–Crippen MR) is 105 cm³/mol. The Balaban J connectivity index is 1.67. The van der Waals surface area contributed by atoms with Crippen molar-refractivity contribution in [3.8, 4) is 0 Å². The molecular formula is C21H26N2O2S. The van der Waals surface area contributed by atoms with E-state index >= 15 is 0 Å². The second-order valence-corrected chi connectivity index (χ2v) is 7.92. The number of carbonyl (C=O) groups excluding carboxylic acids is 2. The first kappa shape index (κ1) is 18.6. The van der Waals surface area contributed by atoms with Crippen LogP contribution in [0.2, 0.25) is 0 Å². The summed E-state index contributed by atoms with van der Waals surface area (Å²) in [6.07, 6.45) is 5.98. The van der Waals surface area contributed by atoms with E-state index in [1.807, 2.05) is 29.6 Å². The number of benzene rings is 1. The van der Waals surface area contributed by atoms with E-state index in [4.69, 9.17) is 0 Å². The van der Waals surface area contributed by atoms with E-state index in [0.717, 1.165) is 18.4 Å². The monoisotopic (exact) mass is 370 g/mol. The van der Waals surface area contributed by atoms with Crippen LogP contribution < -0.4 is 10.6 Å². The molecule has 0 bridgehead atoms. The summed E-state index contributed by atoms with van der Waals surface area (Å²) in [6, 6.07) is 13.2. The fraction of sp³-hybridized carbons (Fsp3) is 0.429. The van der Waals surface area contributed by atoms with Crippen LogP contribution in [0.4, 0.5) is 0 Å². The lowest BCUT2D eigenvalue weighted by atomic mass is 9.81. The van der Waals surface area contributed by atoms with Crippen molar-refractivity contribution in [2.75, 3.05) is 0 Å². The summed E-state index contributed by atoms with van der Waals surface area (Å²) in [7, 11) is 0. The highest BCUT2D eigenvalue weighted by Gasteiger charge is 2.28. The zero-order valence-electron chi connectivity index (χ0n) is 15.1. The van der Waals surface area contributed by atoms with E-state index < -0.39 is 6.04 Å². The average molecular weight is 371 g/mol. The van der Waals surface area contributed by atoms with Crippen molar-refractivity contribution in [3.63, 3.8) is 0 Å². The molecule has 0 spiro atoms. The summed E-state index contributed by atoms with van der Waals surface area (Å²) >= 11 is 1.37. The van der Waals surface area contributed by atoms with Gasteiger partial charge in [-0.25, -0.2) is 0 Å². The molecule has 1 fully saturated rings. The lowest BCUT2D eigenvalue weighted by molar-refractivity contribution is -0.123. The van der Waals surface area contributed by atoms with E-state index in [9.17, 15) is 9.59 Å². The fourth-order valence-corrected chi connectivity index (χ4v) is 4.25. The van der Waals surface area contributed by atoms with Crippen LogP contribution in [0.25, 0.3) is 0 Å². The molecule has 1 heterocycles. The van der Waals surface area contributed by atoms with E-state index in [1.165, 1.54) is 30.6 Å². The maximum absolute atomic E-state index is 12.8. The Labute approximate surface area is 159 Å². The van der Waals surface area contributed by atoms with Gasteiger partial charge in [-0.15, -0.1) is 11.3 Å². The van der Waals surface area contributed by atoms with Crippen LogP contribution in [0, 0.1) is 5.92 Å². The number of hydrogen-bond acceptors (Lipinski definition) is 3. The first-order valence-electron chi connectivity index (χ1n) is 9.35. The zero-order valence-corrected chi connectivity index (χ0v) is 15.9. The molecule has 0 saturated heterocycles. The second-order valence-electron chi connectivity index (χ2n) is 6.97. The van der Waals surface area contributed by atoms with Crippen LogP contribution in [-0.2, 0) is 4.79 Å². The number of rotatable bonds is 6. The van der Waals surface area contributed by atoms with Gasteiger partial charge in [0.25, 0.3) is 5.91 Å². The second kappa shape index (κ2) is 8.99. The number of amides is 2. The molecule has 138 valence electrons. The minimum absolute atomic E-state index is 0.00471. The highest BCUT2D eigenvalue weighted by Crippen LogP contribution is 2.34. The van der Waals surface area contributed by atoms with Gasteiger partial charge in [0.05, 0.1) is 10.9 Å². The predicted octanol–water partition coefficient (Wildman–Crippen LogP) is 4.30. The van der Waals surface area contributed by atoms with Crippen LogP contribution in [-0.4, -0.2) is 17.9 Å².